The first kappa shape index (κ1) is 24.1. The first-order valence-corrected chi connectivity index (χ1v) is 13.0. The Kier molecular flexibility index (Phi) is 8.12. The predicted molar refractivity (Wildman–Crippen MR) is 138 cm³/mol. The van der Waals surface area contributed by atoms with Crippen LogP contribution in [0.4, 0.5) is 5.69 Å². The molecule has 1 amide bonds. The molecule has 4 aromatic rings. The zero-order chi connectivity index (χ0) is 23.9. The number of amides is 1. The van der Waals surface area contributed by atoms with Crippen LogP contribution in [0.2, 0.25) is 5.02 Å². The Morgan fingerprint density at radius 2 is 1.88 bits per heavy atom. The summed E-state index contributed by atoms with van der Waals surface area (Å²) in [5.74, 6) is 0.560. The van der Waals surface area contributed by atoms with E-state index in [1.165, 1.54) is 57.8 Å². The van der Waals surface area contributed by atoms with E-state index in [4.69, 9.17) is 11.6 Å². The number of nitrogens with one attached hydrogen (secondary N) is 1. The van der Waals surface area contributed by atoms with Gasteiger partial charge in [0.25, 0.3) is 11.6 Å². The Hall–Kier alpha value is -2.99. The summed E-state index contributed by atoms with van der Waals surface area (Å²) in [5, 5.41) is 25.6. The van der Waals surface area contributed by atoms with Crippen LogP contribution < -0.4 is 5.43 Å². The second kappa shape index (κ2) is 11.4. The molecule has 1 aromatic heterocycles. The third-order valence-corrected chi connectivity index (χ3v) is 8.07. The number of nitro benzene ring substituents is 1. The van der Waals surface area contributed by atoms with Crippen molar-refractivity contribution in [1.82, 2.24) is 15.6 Å². The smallest absolute Gasteiger partial charge is 0.272 e. The number of aromatic nitrogens is 2. The van der Waals surface area contributed by atoms with Crippen molar-refractivity contribution in [2.75, 3.05) is 5.75 Å². The second-order valence-corrected chi connectivity index (χ2v) is 10.6. The number of rotatable bonds is 9. The van der Waals surface area contributed by atoms with E-state index < -0.39 is 4.92 Å². The molecule has 0 bridgehead atoms. The molecule has 0 unspecified atom stereocenters. The molecule has 3 aromatic carbocycles. The van der Waals surface area contributed by atoms with Gasteiger partial charge in [0, 0.05) is 17.4 Å². The molecule has 1 N–H and O–H groups in total. The van der Waals surface area contributed by atoms with Crippen molar-refractivity contribution < 1.29 is 9.72 Å². The fourth-order valence-corrected chi connectivity index (χ4v) is 5.96. The number of hydrogen-bond donors (Lipinski definition) is 1. The Morgan fingerprint density at radius 1 is 1.12 bits per heavy atom. The lowest BCUT2D eigenvalue weighted by Crippen LogP contribution is -2.19. The average molecular weight is 530 g/mol. The van der Waals surface area contributed by atoms with Crippen molar-refractivity contribution in [2.45, 2.75) is 14.4 Å². The highest BCUT2D eigenvalue weighted by Crippen LogP contribution is 2.32. The number of fused-ring (bicyclic) bond motifs is 1. The minimum atomic E-state index is -0.578. The molecule has 0 fully saturated rings. The van der Waals surface area contributed by atoms with Crippen LogP contribution >= 0.6 is 46.5 Å². The molecule has 0 radical (unpaired) electrons. The minimum Gasteiger partial charge on any atom is -0.272 e. The summed E-state index contributed by atoms with van der Waals surface area (Å²) in [6.45, 7) is 0. The number of hydrazone groups is 1. The van der Waals surface area contributed by atoms with Crippen LogP contribution in [0.25, 0.3) is 10.8 Å². The van der Waals surface area contributed by atoms with Crippen molar-refractivity contribution in [3.05, 3.63) is 86.9 Å². The molecular weight excluding hydrogens is 514 g/mol. The molecule has 12 heteroatoms. The van der Waals surface area contributed by atoms with E-state index >= 15 is 0 Å². The summed E-state index contributed by atoms with van der Waals surface area (Å²) in [5.41, 5.74) is 3.85. The SMILES string of the molecule is O=C(CSc1nnc(SCc2cccc3ccccc23)s1)NN=Cc1ccc(Cl)c([N+](=O)[O-])c1. The van der Waals surface area contributed by atoms with E-state index in [1.54, 1.807) is 17.8 Å². The quantitative estimate of drug-likeness (QED) is 0.126. The highest BCUT2D eigenvalue weighted by molar-refractivity contribution is 8.03. The van der Waals surface area contributed by atoms with Crippen LogP contribution in [0.3, 0.4) is 0 Å². The molecule has 0 aliphatic carbocycles. The van der Waals surface area contributed by atoms with Crippen LogP contribution in [-0.2, 0) is 10.5 Å². The summed E-state index contributed by atoms with van der Waals surface area (Å²) in [4.78, 5) is 22.4. The minimum absolute atomic E-state index is 0.0364. The van der Waals surface area contributed by atoms with Gasteiger partial charge in [0.1, 0.15) is 5.02 Å². The molecule has 172 valence electrons. The summed E-state index contributed by atoms with van der Waals surface area (Å²) >= 11 is 10.1. The average Bonchev–Trinajstić information content (AvgIpc) is 3.30. The number of thioether (sulfide) groups is 2. The molecule has 34 heavy (non-hydrogen) atoms. The molecular formula is C22H16ClN5O3S3. The summed E-state index contributed by atoms with van der Waals surface area (Å²) < 4.78 is 1.52. The monoisotopic (exact) mass is 529 g/mol. The van der Waals surface area contributed by atoms with E-state index in [2.05, 4.69) is 51.1 Å². The van der Waals surface area contributed by atoms with Gasteiger partial charge in [0.15, 0.2) is 8.68 Å². The van der Waals surface area contributed by atoms with Crippen LogP contribution in [0.5, 0.6) is 0 Å². The number of benzene rings is 3. The Balaban J connectivity index is 1.26. The van der Waals surface area contributed by atoms with E-state index in [9.17, 15) is 14.9 Å². The molecule has 0 saturated heterocycles. The Bertz CT molecular complexity index is 1370. The molecule has 0 spiro atoms. The van der Waals surface area contributed by atoms with E-state index in [0.717, 1.165) is 10.1 Å². The highest BCUT2D eigenvalue weighted by atomic mass is 35.5. The Morgan fingerprint density at radius 3 is 2.71 bits per heavy atom. The number of hydrogen-bond acceptors (Lipinski definition) is 9. The van der Waals surface area contributed by atoms with E-state index in [-0.39, 0.29) is 22.4 Å². The third kappa shape index (κ3) is 6.32. The topological polar surface area (TPSA) is 110 Å². The molecule has 0 atom stereocenters. The van der Waals surface area contributed by atoms with Crippen LogP contribution in [0.1, 0.15) is 11.1 Å². The zero-order valence-electron chi connectivity index (χ0n) is 17.4. The van der Waals surface area contributed by atoms with Crippen molar-refractivity contribution >= 4 is 75.0 Å². The lowest BCUT2D eigenvalue weighted by molar-refractivity contribution is -0.384. The van der Waals surface area contributed by atoms with Crippen molar-refractivity contribution in [3.8, 4) is 0 Å². The van der Waals surface area contributed by atoms with Gasteiger partial charge in [-0.15, -0.1) is 10.2 Å². The standard InChI is InChI=1S/C22H16ClN5O3S3/c23-18-9-8-14(10-19(18)28(30)31)11-24-25-20(29)13-33-22-27-26-21(34-22)32-12-16-6-3-5-15-4-1-2-7-17(15)16/h1-11H,12-13H2,(H,25,29). The van der Waals surface area contributed by atoms with Gasteiger partial charge in [-0.1, -0.05) is 95.0 Å². The number of carbonyl (C=O) groups is 1. The number of nitrogens with zero attached hydrogens (tertiary/aromatic N) is 4. The summed E-state index contributed by atoms with van der Waals surface area (Å²) in [6, 6.07) is 18.8. The van der Waals surface area contributed by atoms with E-state index in [1.807, 2.05) is 12.1 Å². The lowest BCUT2D eigenvalue weighted by Gasteiger charge is -2.04. The zero-order valence-corrected chi connectivity index (χ0v) is 20.6. The van der Waals surface area contributed by atoms with E-state index in [0.29, 0.717) is 9.90 Å². The fraction of sp³-hybridized carbons (Fsp3) is 0.0909. The molecule has 0 saturated carbocycles. The fourth-order valence-electron chi connectivity index (χ4n) is 2.96. The van der Waals surface area contributed by atoms with Gasteiger partial charge in [0.05, 0.1) is 16.9 Å². The van der Waals surface area contributed by atoms with Gasteiger partial charge >= 0.3 is 0 Å². The first-order chi connectivity index (χ1) is 16.5. The Labute approximate surface area is 212 Å². The number of halogens is 1. The summed E-state index contributed by atoms with van der Waals surface area (Å²) in [7, 11) is 0. The maximum atomic E-state index is 12.1. The second-order valence-electron chi connectivity index (χ2n) is 6.81. The van der Waals surface area contributed by atoms with Crippen LogP contribution in [0.15, 0.2) is 74.4 Å². The molecule has 1 heterocycles. The lowest BCUT2D eigenvalue weighted by atomic mass is 10.1. The molecule has 8 nitrogen and oxygen atoms in total. The largest absolute Gasteiger partial charge is 0.288 e. The van der Waals surface area contributed by atoms with Gasteiger partial charge in [-0.05, 0) is 22.4 Å². The molecule has 0 aliphatic heterocycles. The predicted octanol–water partition coefficient (Wildman–Crippen LogP) is 5.79. The van der Waals surface area contributed by atoms with Crippen molar-refractivity contribution in [3.63, 3.8) is 0 Å². The van der Waals surface area contributed by atoms with Gasteiger partial charge in [-0.2, -0.15) is 5.10 Å². The molecule has 0 aliphatic rings. The maximum Gasteiger partial charge on any atom is 0.288 e. The summed E-state index contributed by atoms with van der Waals surface area (Å²) in [6.07, 6.45) is 1.32. The third-order valence-electron chi connectivity index (χ3n) is 4.52. The van der Waals surface area contributed by atoms with Gasteiger partial charge in [-0.3, -0.25) is 14.9 Å². The van der Waals surface area contributed by atoms with Gasteiger partial charge < -0.3 is 0 Å². The van der Waals surface area contributed by atoms with Crippen LogP contribution in [0, 0.1) is 10.1 Å². The van der Waals surface area contributed by atoms with Gasteiger partial charge in [0.2, 0.25) is 0 Å². The number of nitro groups is 1. The van der Waals surface area contributed by atoms with Gasteiger partial charge in [-0.25, -0.2) is 5.43 Å². The maximum absolute atomic E-state index is 12.1. The molecule has 4 rings (SSSR count). The van der Waals surface area contributed by atoms with Crippen molar-refractivity contribution in [2.24, 2.45) is 5.10 Å². The first-order valence-electron chi connectivity index (χ1n) is 9.81. The normalized spacial score (nSPS) is 11.2. The van der Waals surface area contributed by atoms with Crippen LogP contribution in [-0.4, -0.2) is 33.0 Å². The number of carbonyl (C=O) groups excluding carboxylic acids is 1. The van der Waals surface area contributed by atoms with Crippen molar-refractivity contribution in [1.29, 1.82) is 0 Å². The highest BCUT2D eigenvalue weighted by Gasteiger charge is 2.12.